The van der Waals surface area contributed by atoms with Gasteiger partial charge in [0.05, 0.1) is 18.3 Å². The molecule has 5 rings (SSSR count). The molecule has 1 aromatic heterocycles. The number of rotatable bonds is 7. The van der Waals surface area contributed by atoms with Gasteiger partial charge in [-0.3, -0.25) is 9.59 Å². The zero-order valence-electron chi connectivity index (χ0n) is 23.2. The number of anilines is 3. The number of methoxy groups -OCH3 is 1. The first-order chi connectivity index (χ1) is 18.9. The predicted octanol–water partition coefficient (Wildman–Crippen LogP) is 3.37. The van der Waals surface area contributed by atoms with Crippen LogP contribution in [-0.2, 0) is 9.59 Å². The zero-order chi connectivity index (χ0) is 27.4. The lowest BCUT2D eigenvalue weighted by atomic mass is 10.1. The molecule has 0 unspecified atom stereocenters. The van der Waals surface area contributed by atoms with Crippen molar-refractivity contribution in [1.82, 2.24) is 14.8 Å². The number of aromatic nitrogens is 1. The van der Waals surface area contributed by atoms with Crippen LogP contribution in [0.3, 0.4) is 0 Å². The van der Waals surface area contributed by atoms with Crippen LogP contribution < -0.4 is 19.9 Å². The molecule has 2 fully saturated rings. The van der Waals surface area contributed by atoms with Crippen molar-refractivity contribution in [2.24, 2.45) is 0 Å². The molecule has 39 heavy (non-hydrogen) atoms. The standard InChI is InChI=1S/C30H38N6O3/c1-22-20-28(35-14-12-33(2)13-15-35)32-25-9-8-23(21-24(22)25)31-29(37)10-11-30(38)36-18-16-34(17-19-36)26-6-4-5-7-27(26)39-3/h4-9,20-21H,10-19H2,1-3H3,(H,31,37). The van der Waals surface area contributed by atoms with Gasteiger partial charge < -0.3 is 29.7 Å². The van der Waals surface area contributed by atoms with Crippen LogP contribution >= 0.6 is 0 Å². The van der Waals surface area contributed by atoms with Crippen molar-refractivity contribution in [2.75, 3.05) is 81.6 Å². The second kappa shape index (κ2) is 11.9. The number of nitrogens with one attached hydrogen (secondary N) is 1. The number of fused-ring (bicyclic) bond motifs is 1. The largest absolute Gasteiger partial charge is 0.495 e. The molecule has 0 spiro atoms. The van der Waals surface area contributed by atoms with E-state index in [4.69, 9.17) is 9.72 Å². The highest BCUT2D eigenvalue weighted by Crippen LogP contribution is 2.29. The van der Waals surface area contributed by atoms with E-state index in [0.29, 0.717) is 13.1 Å². The molecule has 0 saturated carbocycles. The molecule has 9 nitrogen and oxygen atoms in total. The summed E-state index contributed by atoms with van der Waals surface area (Å²) in [6, 6.07) is 15.9. The van der Waals surface area contributed by atoms with Gasteiger partial charge in [0.1, 0.15) is 11.6 Å². The van der Waals surface area contributed by atoms with Gasteiger partial charge in [-0.25, -0.2) is 4.98 Å². The van der Waals surface area contributed by atoms with Crippen LogP contribution in [0.1, 0.15) is 18.4 Å². The fourth-order valence-corrected chi connectivity index (χ4v) is 5.34. The van der Waals surface area contributed by atoms with E-state index in [2.05, 4.69) is 40.1 Å². The maximum atomic E-state index is 12.8. The maximum Gasteiger partial charge on any atom is 0.224 e. The molecule has 0 atom stereocenters. The van der Waals surface area contributed by atoms with Crippen LogP contribution in [0.2, 0.25) is 0 Å². The average molecular weight is 531 g/mol. The van der Waals surface area contributed by atoms with Crippen LogP contribution in [0.15, 0.2) is 48.5 Å². The van der Waals surface area contributed by atoms with E-state index in [1.807, 2.05) is 47.4 Å². The summed E-state index contributed by atoms with van der Waals surface area (Å²) in [7, 11) is 3.82. The molecule has 0 bridgehead atoms. The average Bonchev–Trinajstić information content (AvgIpc) is 2.96. The Labute approximate surface area is 230 Å². The van der Waals surface area contributed by atoms with E-state index >= 15 is 0 Å². The number of nitrogens with zero attached hydrogens (tertiary/aromatic N) is 5. The van der Waals surface area contributed by atoms with Crippen LogP contribution in [0.25, 0.3) is 10.9 Å². The second-order valence-corrected chi connectivity index (χ2v) is 10.4. The van der Waals surface area contributed by atoms with Gasteiger partial charge in [-0.1, -0.05) is 12.1 Å². The summed E-state index contributed by atoms with van der Waals surface area (Å²) >= 11 is 0. The summed E-state index contributed by atoms with van der Waals surface area (Å²) in [5.41, 5.74) is 3.82. The normalized spacial score (nSPS) is 16.4. The highest BCUT2D eigenvalue weighted by atomic mass is 16.5. The lowest BCUT2D eigenvalue weighted by Crippen LogP contribution is -2.49. The summed E-state index contributed by atoms with van der Waals surface area (Å²) < 4.78 is 5.48. The number of ether oxygens (including phenoxy) is 1. The molecule has 0 aliphatic carbocycles. The van der Waals surface area contributed by atoms with Gasteiger partial charge in [-0.05, 0) is 55.9 Å². The van der Waals surface area contributed by atoms with Gasteiger partial charge >= 0.3 is 0 Å². The molecule has 2 saturated heterocycles. The summed E-state index contributed by atoms with van der Waals surface area (Å²) in [5, 5.41) is 3.99. The first kappa shape index (κ1) is 26.7. The van der Waals surface area contributed by atoms with E-state index in [-0.39, 0.29) is 24.7 Å². The summed E-state index contributed by atoms with van der Waals surface area (Å²) in [6.07, 6.45) is 0.353. The summed E-state index contributed by atoms with van der Waals surface area (Å²) in [5.74, 6) is 1.70. The highest BCUT2D eigenvalue weighted by molar-refractivity contribution is 5.96. The molecule has 9 heteroatoms. The van der Waals surface area contributed by atoms with Crippen molar-refractivity contribution < 1.29 is 14.3 Å². The van der Waals surface area contributed by atoms with Crippen LogP contribution in [-0.4, -0.2) is 93.1 Å². The number of para-hydroxylation sites is 2. The number of hydrogen-bond acceptors (Lipinski definition) is 7. The highest BCUT2D eigenvalue weighted by Gasteiger charge is 2.23. The topological polar surface area (TPSA) is 81.2 Å². The lowest BCUT2D eigenvalue weighted by Gasteiger charge is -2.36. The Morgan fingerprint density at radius 3 is 2.36 bits per heavy atom. The van der Waals surface area contributed by atoms with Crippen molar-refractivity contribution in [3.63, 3.8) is 0 Å². The molecule has 0 radical (unpaired) electrons. The molecule has 206 valence electrons. The minimum atomic E-state index is -0.157. The molecule has 2 aliphatic rings. The molecule has 3 aromatic rings. The summed E-state index contributed by atoms with van der Waals surface area (Å²) in [4.78, 5) is 39.1. The van der Waals surface area contributed by atoms with E-state index in [0.717, 1.165) is 78.7 Å². The Bertz CT molecular complexity index is 1330. The monoisotopic (exact) mass is 530 g/mol. The summed E-state index contributed by atoms with van der Waals surface area (Å²) in [6.45, 7) is 8.82. The smallest absolute Gasteiger partial charge is 0.224 e. The van der Waals surface area contributed by atoms with Gasteiger partial charge in [0, 0.05) is 76.3 Å². The maximum absolute atomic E-state index is 12.8. The number of aryl methyl sites for hydroxylation is 1. The minimum absolute atomic E-state index is 0.0137. The Morgan fingerprint density at radius 1 is 0.897 bits per heavy atom. The lowest BCUT2D eigenvalue weighted by molar-refractivity contribution is -0.133. The number of carbonyl (C=O) groups is 2. The Kier molecular flexibility index (Phi) is 8.16. The third-order valence-electron chi connectivity index (χ3n) is 7.74. The first-order valence-corrected chi connectivity index (χ1v) is 13.7. The molecular weight excluding hydrogens is 492 g/mol. The Balaban J connectivity index is 1.13. The van der Waals surface area contributed by atoms with Gasteiger partial charge in [0.2, 0.25) is 11.8 Å². The Morgan fingerprint density at radius 2 is 1.62 bits per heavy atom. The number of likely N-dealkylation sites (N-methyl/N-ethyl adjacent to an activating group) is 1. The second-order valence-electron chi connectivity index (χ2n) is 10.4. The quantitative estimate of drug-likeness (QED) is 0.502. The van der Waals surface area contributed by atoms with Crippen molar-refractivity contribution in [1.29, 1.82) is 0 Å². The fourth-order valence-electron chi connectivity index (χ4n) is 5.34. The van der Waals surface area contributed by atoms with E-state index < -0.39 is 0 Å². The van der Waals surface area contributed by atoms with Gasteiger partial charge in [0.15, 0.2) is 0 Å². The molecule has 3 heterocycles. The Hall–Kier alpha value is -3.85. The van der Waals surface area contributed by atoms with E-state index in [1.54, 1.807) is 7.11 Å². The molecule has 1 N–H and O–H groups in total. The molecule has 2 amide bonds. The molecular formula is C30H38N6O3. The van der Waals surface area contributed by atoms with E-state index in [1.165, 1.54) is 0 Å². The van der Waals surface area contributed by atoms with Crippen LogP contribution in [0.4, 0.5) is 17.2 Å². The molecule has 2 aliphatic heterocycles. The fraction of sp³-hybridized carbons (Fsp3) is 0.433. The number of carbonyl (C=O) groups excluding carboxylic acids is 2. The number of hydrogen-bond donors (Lipinski definition) is 1. The van der Waals surface area contributed by atoms with Crippen molar-refractivity contribution in [2.45, 2.75) is 19.8 Å². The van der Waals surface area contributed by atoms with Crippen LogP contribution in [0.5, 0.6) is 5.75 Å². The number of amides is 2. The van der Waals surface area contributed by atoms with Crippen molar-refractivity contribution >= 4 is 39.9 Å². The number of benzene rings is 2. The van der Waals surface area contributed by atoms with Crippen molar-refractivity contribution in [3.8, 4) is 5.75 Å². The number of piperazine rings is 2. The van der Waals surface area contributed by atoms with E-state index in [9.17, 15) is 9.59 Å². The van der Waals surface area contributed by atoms with Crippen LogP contribution in [0, 0.1) is 6.92 Å². The van der Waals surface area contributed by atoms with Gasteiger partial charge in [0.25, 0.3) is 0 Å². The SMILES string of the molecule is COc1ccccc1N1CCN(C(=O)CCC(=O)Nc2ccc3nc(N4CCN(C)CC4)cc(C)c3c2)CC1. The third-order valence-corrected chi connectivity index (χ3v) is 7.74. The zero-order valence-corrected chi connectivity index (χ0v) is 23.2. The minimum Gasteiger partial charge on any atom is -0.495 e. The number of pyridine rings is 1. The first-order valence-electron chi connectivity index (χ1n) is 13.7. The third kappa shape index (κ3) is 6.25. The van der Waals surface area contributed by atoms with Gasteiger partial charge in [-0.2, -0.15) is 0 Å². The predicted molar refractivity (Wildman–Crippen MR) is 156 cm³/mol. The molecule has 2 aromatic carbocycles. The van der Waals surface area contributed by atoms with Crippen molar-refractivity contribution in [3.05, 3.63) is 54.1 Å². The van der Waals surface area contributed by atoms with Gasteiger partial charge in [-0.15, -0.1) is 0 Å².